The molecule has 0 bridgehead atoms. The summed E-state index contributed by atoms with van der Waals surface area (Å²) in [6.07, 6.45) is 1.53. The van der Waals surface area contributed by atoms with Gasteiger partial charge >= 0.3 is 5.97 Å². The molecule has 0 radical (unpaired) electrons. The van der Waals surface area contributed by atoms with Gasteiger partial charge in [0.1, 0.15) is 5.75 Å². The van der Waals surface area contributed by atoms with Gasteiger partial charge in [-0.3, -0.25) is 0 Å². The van der Waals surface area contributed by atoms with Gasteiger partial charge in [-0.15, -0.1) is 0 Å². The first-order valence-corrected chi connectivity index (χ1v) is 6.52. The summed E-state index contributed by atoms with van der Waals surface area (Å²) < 4.78 is 5.27. The van der Waals surface area contributed by atoms with E-state index in [0.29, 0.717) is 10.8 Å². The van der Waals surface area contributed by atoms with Crippen LogP contribution in [-0.4, -0.2) is 16.2 Å². The third-order valence-electron chi connectivity index (χ3n) is 3.17. The average Bonchev–Trinajstić information content (AvgIpc) is 3.02. The molecule has 1 aromatic carbocycles. The predicted octanol–water partition coefficient (Wildman–Crippen LogP) is 3.06. The van der Waals surface area contributed by atoms with Gasteiger partial charge in [-0.05, 0) is 36.0 Å². The fourth-order valence-corrected chi connectivity index (χ4v) is 1.91. The molecular formula is C14H19ClO3. The second-order valence-corrected chi connectivity index (χ2v) is 6.34. The fraction of sp³-hybridized carbons (Fsp3) is 0.571. The Morgan fingerprint density at radius 3 is 2.33 bits per heavy atom. The van der Waals surface area contributed by atoms with Gasteiger partial charge in [-0.2, -0.15) is 0 Å². The van der Waals surface area contributed by atoms with Crippen LogP contribution in [0.25, 0.3) is 0 Å². The normalized spacial score (nSPS) is 16.8. The molecule has 2 rings (SSSR count). The molecule has 1 fully saturated rings. The zero-order valence-corrected chi connectivity index (χ0v) is 11.7. The van der Waals surface area contributed by atoms with Crippen molar-refractivity contribution >= 4 is 11.6 Å². The third-order valence-corrected chi connectivity index (χ3v) is 3.48. The Bertz CT molecular complexity index is 445. The highest BCUT2D eigenvalue weighted by Gasteiger charge is 2.45. The highest BCUT2D eigenvalue weighted by Crippen LogP contribution is 2.41. The lowest BCUT2D eigenvalue weighted by Gasteiger charge is -2.25. The lowest BCUT2D eigenvalue weighted by Crippen LogP contribution is -2.38. The second-order valence-electron chi connectivity index (χ2n) is 5.93. The summed E-state index contributed by atoms with van der Waals surface area (Å²) >= 11 is 6.03. The molecule has 0 saturated heterocycles. The van der Waals surface area contributed by atoms with Crippen LogP contribution >= 0.6 is 11.6 Å². The molecule has 0 atom stereocenters. The van der Waals surface area contributed by atoms with Gasteiger partial charge in [-0.1, -0.05) is 38.4 Å². The molecule has 0 aromatic heterocycles. The van der Waals surface area contributed by atoms with Crippen molar-refractivity contribution in [1.82, 2.24) is 0 Å². The molecule has 1 aliphatic rings. The van der Waals surface area contributed by atoms with E-state index in [9.17, 15) is 10.2 Å². The molecule has 1 aromatic rings. The van der Waals surface area contributed by atoms with E-state index in [1.807, 2.05) is 6.07 Å². The topological polar surface area (TPSA) is 49.7 Å². The summed E-state index contributed by atoms with van der Waals surface area (Å²) in [5.74, 6) is -2.01. The smallest absolute Gasteiger partial charge is 0.324 e. The molecule has 0 unspecified atom stereocenters. The molecule has 0 amide bonds. The number of ether oxygens (including phenoxy) is 1. The van der Waals surface area contributed by atoms with Crippen molar-refractivity contribution in [2.24, 2.45) is 5.92 Å². The number of halogens is 1. The van der Waals surface area contributed by atoms with Crippen molar-refractivity contribution in [3.05, 3.63) is 28.8 Å². The summed E-state index contributed by atoms with van der Waals surface area (Å²) in [6.45, 7) is 6.23. The molecule has 0 aliphatic heterocycles. The molecule has 1 saturated carbocycles. The van der Waals surface area contributed by atoms with Crippen molar-refractivity contribution < 1.29 is 14.9 Å². The minimum absolute atomic E-state index is 0.0458. The maximum Gasteiger partial charge on any atom is 0.324 e. The van der Waals surface area contributed by atoms with Crippen LogP contribution in [0.15, 0.2) is 18.2 Å². The van der Waals surface area contributed by atoms with Crippen molar-refractivity contribution in [3.63, 3.8) is 0 Å². The minimum Gasteiger partial charge on any atom is -0.437 e. The Kier molecular flexibility index (Phi) is 3.34. The quantitative estimate of drug-likeness (QED) is 0.830. The van der Waals surface area contributed by atoms with Gasteiger partial charge in [0.05, 0.1) is 10.9 Å². The standard InChI is InChI=1S/C14H19ClO3/c1-13(2,3)10-6-7-11(15)12(8-10)18-14(16,17)9-4-5-9/h6-9,16-17H,4-5H2,1-3H3. The molecule has 0 spiro atoms. The van der Waals surface area contributed by atoms with Crippen LogP contribution in [-0.2, 0) is 5.41 Å². The first kappa shape index (κ1) is 13.7. The Morgan fingerprint density at radius 2 is 1.83 bits per heavy atom. The number of aliphatic hydroxyl groups is 2. The van der Waals surface area contributed by atoms with Gasteiger partial charge in [0.25, 0.3) is 0 Å². The molecule has 0 heterocycles. The Hall–Kier alpha value is -0.770. The zero-order valence-electron chi connectivity index (χ0n) is 10.9. The van der Waals surface area contributed by atoms with Crippen LogP contribution in [0.2, 0.25) is 5.02 Å². The summed E-state index contributed by atoms with van der Waals surface area (Å²) in [4.78, 5) is 0. The summed E-state index contributed by atoms with van der Waals surface area (Å²) in [7, 11) is 0. The maximum absolute atomic E-state index is 9.80. The van der Waals surface area contributed by atoms with Crippen molar-refractivity contribution in [1.29, 1.82) is 0 Å². The molecule has 2 N–H and O–H groups in total. The maximum atomic E-state index is 9.80. The molecule has 4 heteroatoms. The first-order valence-electron chi connectivity index (χ1n) is 6.14. The van der Waals surface area contributed by atoms with Gasteiger partial charge in [0.2, 0.25) is 0 Å². The number of rotatable bonds is 3. The van der Waals surface area contributed by atoms with Crippen LogP contribution in [0.3, 0.4) is 0 Å². The van der Waals surface area contributed by atoms with E-state index in [0.717, 1.165) is 18.4 Å². The van der Waals surface area contributed by atoms with E-state index in [-0.39, 0.29) is 11.3 Å². The largest absolute Gasteiger partial charge is 0.437 e. The molecule has 3 nitrogen and oxygen atoms in total. The Morgan fingerprint density at radius 1 is 1.22 bits per heavy atom. The number of benzene rings is 1. The van der Waals surface area contributed by atoms with E-state index in [1.54, 1.807) is 12.1 Å². The van der Waals surface area contributed by atoms with Crippen LogP contribution in [0, 0.1) is 5.92 Å². The van der Waals surface area contributed by atoms with Crippen LogP contribution in [0.5, 0.6) is 5.75 Å². The van der Waals surface area contributed by atoms with E-state index in [1.165, 1.54) is 0 Å². The second kappa shape index (κ2) is 4.41. The van der Waals surface area contributed by atoms with Crippen molar-refractivity contribution in [2.75, 3.05) is 0 Å². The van der Waals surface area contributed by atoms with Gasteiger partial charge < -0.3 is 14.9 Å². The van der Waals surface area contributed by atoms with Crippen molar-refractivity contribution in [2.45, 2.75) is 45.0 Å². The summed E-state index contributed by atoms with van der Waals surface area (Å²) in [5, 5.41) is 20.0. The first-order chi connectivity index (χ1) is 8.20. The van der Waals surface area contributed by atoms with Crippen LogP contribution in [0.4, 0.5) is 0 Å². The Balaban J connectivity index is 2.26. The van der Waals surface area contributed by atoms with Gasteiger partial charge in [0, 0.05) is 0 Å². The summed E-state index contributed by atoms with van der Waals surface area (Å²) in [5.41, 5.74) is 0.990. The van der Waals surface area contributed by atoms with Gasteiger partial charge in [-0.25, -0.2) is 0 Å². The van der Waals surface area contributed by atoms with Gasteiger partial charge in [0.15, 0.2) is 0 Å². The lowest BCUT2D eigenvalue weighted by molar-refractivity contribution is -0.305. The van der Waals surface area contributed by atoms with Crippen molar-refractivity contribution in [3.8, 4) is 5.75 Å². The van der Waals surface area contributed by atoms with E-state index in [4.69, 9.17) is 16.3 Å². The minimum atomic E-state index is -2.11. The van der Waals surface area contributed by atoms with E-state index in [2.05, 4.69) is 20.8 Å². The lowest BCUT2D eigenvalue weighted by atomic mass is 9.87. The predicted molar refractivity (Wildman–Crippen MR) is 70.7 cm³/mol. The highest BCUT2D eigenvalue weighted by molar-refractivity contribution is 6.32. The molecular weight excluding hydrogens is 252 g/mol. The number of hydrogen-bond acceptors (Lipinski definition) is 3. The van der Waals surface area contributed by atoms with E-state index >= 15 is 0 Å². The third kappa shape index (κ3) is 2.97. The van der Waals surface area contributed by atoms with Crippen LogP contribution in [0.1, 0.15) is 39.2 Å². The SMILES string of the molecule is CC(C)(C)c1ccc(Cl)c(OC(O)(O)C2CC2)c1. The van der Waals surface area contributed by atoms with Crippen LogP contribution < -0.4 is 4.74 Å². The zero-order chi connectivity index (χ0) is 13.6. The average molecular weight is 271 g/mol. The summed E-state index contributed by atoms with van der Waals surface area (Å²) in [6, 6.07) is 5.41. The molecule has 1 aliphatic carbocycles. The monoisotopic (exact) mass is 270 g/mol. The van der Waals surface area contributed by atoms with E-state index < -0.39 is 5.97 Å². The number of hydrogen-bond donors (Lipinski definition) is 2. The highest BCUT2D eigenvalue weighted by atomic mass is 35.5. The molecule has 18 heavy (non-hydrogen) atoms. The molecule has 100 valence electrons. The Labute approximate surface area is 112 Å². The fourth-order valence-electron chi connectivity index (χ4n) is 1.75.